The smallest absolute Gasteiger partial charge is 0.417 e. The Morgan fingerprint density at radius 1 is 0.975 bits per heavy atom. The van der Waals surface area contributed by atoms with E-state index in [0.717, 1.165) is 22.8 Å². The first-order valence-corrected chi connectivity index (χ1v) is 12.2. The highest BCUT2D eigenvalue weighted by Gasteiger charge is 2.36. The first-order valence-electron chi connectivity index (χ1n) is 12.2. The maximum atomic E-state index is 13.9. The standard InChI is InChI=1S/C31H25F3N2O4/c1-18-8-9-23(19(2)12-18)17-36-27(15-26(31(32,33)34)25(16-35)29(36)37)21-10-11-28(20(3)13-21)40-24-7-5-6-22(14-24)30(38)39-4/h5-15H,17H2,1-4H3. The van der Waals surface area contributed by atoms with Gasteiger partial charge in [0, 0.05) is 0 Å². The molecule has 0 radical (unpaired) electrons. The van der Waals surface area contributed by atoms with Gasteiger partial charge in [-0.1, -0.05) is 29.8 Å². The minimum absolute atomic E-state index is 0.0126. The third-order valence-corrected chi connectivity index (χ3v) is 6.50. The molecular formula is C31H25F3N2O4. The number of halogens is 3. The highest BCUT2D eigenvalue weighted by Crippen LogP contribution is 2.35. The molecule has 3 aromatic carbocycles. The van der Waals surface area contributed by atoms with Gasteiger partial charge in [0.2, 0.25) is 0 Å². The number of nitrogens with zero attached hydrogens (tertiary/aromatic N) is 2. The van der Waals surface area contributed by atoms with Crippen LogP contribution < -0.4 is 10.3 Å². The van der Waals surface area contributed by atoms with Gasteiger partial charge < -0.3 is 14.0 Å². The molecule has 0 aliphatic carbocycles. The second-order valence-corrected chi connectivity index (χ2v) is 9.35. The molecule has 9 heteroatoms. The summed E-state index contributed by atoms with van der Waals surface area (Å²) < 4.78 is 53.6. The molecule has 0 saturated heterocycles. The van der Waals surface area contributed by atoms with Crippen LogP contribution in [0.15, 0.2) is 71.5 Å². The van der Waals surface area contributed by atoms with E-state index in [1.807, 2.05) is 32.0 Å². The molecule has 40 heavy (non-hydrogen) atoms. The number of carbonyl (C=O) groups excluding carboxylic acids is 1. The Hall–Kier alpha value is -4.84. The van der Waals surface area contributed by atoms with Crippen LogP contribution >= 0.6 is 0 Å². The van der Waals surface area contributed by atoms with Gasteiger partial charge in [0.25, 0.3) is 5.56 Å². The number of hydrogen-bond acceptors (Lipinski definition) is 5. The summed E-state index contributed by atoms with van der Waals surface area (Å²) in [5.74, 6) is 0.238. The predicted octanol–water partition coefficient (Wildman–Crippen LogP) is 6.96. The molecule has 0 atom stereocenters. The SMILES string of the molecule is COC(=O)c1cccc(Oc2ccc(-c3cc(C(F)(F)F)c(C#N)c(=O)n3Cc3ccc(C)cc3C)cc2C)c1. The van der Waals surface area contributed by atoms with E-state index in [9.17, 15) is 28.0 Å². The zero-order valence-electron chi connectivity index (χ0n) is 22.2. The molecule has 0 aliphatic heterocycles. The van der Waals surface area contributed by atoms with E-state index in [2.05, 4.69) is 0 Å². The zero-order valence-corrected chi connectivity index (χ0v) is 22.2. The highest BCUT2D eigenvalue weighted by molar-refractivity contribution is 5.89. The topological polar surface area (TPSA) is 81.3 Å². The van der Waals surface area contributed by atoms with Crippen molar-refractivity contribution in [2.45, 2.75) is 33.5 Å². The fourth-order valence-corrected chi connectivity index (χ4v) is 4.42. The van der Waals surface area contributed by atoms with Gasteiger partial charge in [-0.25, -0.2) is 4.79 Å². The van der Waals surface area contributed by atoms with Gasteiger partial charge in [-0.05, 0) is 85.5 Å². The summed E-state index contributed by atoms with van der Waals surface area (Å²) in [5, 5.41) is 9.49. The molecule has 4 rings (SSSR count). The minimum Gasteiger partial charge on any atom is -0.465 e. The monoisotopic (exact) mass is 546 g/mol. The average molecular weight is 547 g/mol. The summed E-state index contributed by atoms with van der Waals surface area (Å²) in [4.78, 5) is 25.2. The van der Waals surface area contributed by atoms with E-state index in [1.165, 1.54) is 23.8 Å². The van der Waals surface area contributed by atoms with Crippen molar-refractivity contribution in [1.29, 1.82) is 5.26 Å². The number of alkyl halides is 3. The number of benzene rings is 3. The van der Waals surface area contributed by atoms with E-state index >= 15 is 0 Å². The van der Waals surface area contributed by atoms with Crippen molar-refractivity contribution in [3.8, 4) is 28.8 Å². The number of carbonyl (C=O) groups is 1. The quantitative estimate of drug-likeness (QED) is 0.244. The normalized spacial score (nSPS) is 11.2. The van der Waals surface area contributed by atoms with Crippen molar-refractivity contribution in [3.63, 3.8) is 0 Å². The van der Waals surface area contributed by atoms with E-state index in [1.54, 1.807) is 43.3 Å². The van der Waals surface area contributed by atoms with Crippen LogP contribution in [-0.2, 0) is 17.5 Å². The van der Waals surface area contributed by atoms with E-state index in [0.29, 0.717) is 28.2 Å². The lowest BCUT2D eigenvalue weighted by atomic mass is 10.0. The number of aryl methyl sites for hydroxylation is 3. The zero-order chi connectivity index (χ0) is 29.2. The molecule has 204 valence electrons. The average Bonchev–Trinajstić information content (AvgIpc) is 2.91. The number of aromatic nitrogens is 1. The first-order chi connectivity index (χ1) is 18.9. The summed E-state index contributed by atoms with van der Waals surface area (Å²) in [5.41, 5.74) is 0.556. The summed E-state index contributed by atoms with van der Waals surface area (Å²) in [6, 6.07) is 19.0. The van der Waals surface area contributed by atoms with Gasteiger partial charge in [-0.2, -0.15) is 18.4 Å². The number of nitriles is 1. The second kappa shape index (κ2) is 11.1. The van der Waals surface area contributed by atoms with Crippen molar-refractivity contribution < 1.29 is 27.4 Å². The fraction of sp³-hybridized carbons (Fsp3) is 0.194. The number of methoxy groups -OCH3 is 1. The van der Waals surface area contributed by atoms with Gasteiger partial charge in [0.1, 0.15) is 23.1 Å². The summed E-state index contributed by atoms with van der Waals surface area (Å²) in [7, 11) is 1.27. The van der Waals surface area contributed by atoms with Crippen LogP contribution in [0.1, 0.15) is 43.7 Å². The Kier molecular flexibility index (Phi) is 7.82. The molecule has 0 amide bonds. The molecule has 0 saturated carbocycles. The van der Waals surface area contributed by atoms with E-state index in [-0.39, 0.29) is 12.2 Å². The number of pyridine rings is 1. The molecule has 0 bridgehead atoms. The number of esters is 1. The van der Waals surface area contributed by atoms with Crippen molar-refractivity contribution in [3.05, 3.63) is 116 Å². The predicted molar refractivity (Wildman–Crippen MR) is 143 cm³/mol. The number of hydrogen-bond donors (Lipinski definition) is 0. The molecule has 0 aliphatic rings. The van der Waals surface area contributed by atoms with Gasteiger partial charge in [-0.15, -0.1) is 0 Å². The molecule has 1 heterocycles. The van der Waals surface area contributed by atoms with Crippen LogP contribution in [0.5, 0.6) is 11.5 Å². The van der Waals surface area contributed by atoms with Crippen LogP contribution in [0.4, 0.5) is 13.2 Å². The van der Waals surface area contributed by atoms with Crippen LogP contribution in [0.3, 0.4) is 0 Å². The van der Waals surface area contributed by atoms with Crippen LogP contribution in [0.2, 0.25) is 0 Å². The second-order valence-electron chi connectivity index (χ2n) is 9.35. The van der Waals surface area contributed by atoms with Crippen molar-refractivity contribution in [1.82, 2.24) is 4.57 Å². The fourth-order valence-electron chi connectivity index (χ4n) is 4.42. The first kappa shape index (κ1) is 28.2. The van der Waals surface area contributed by atoms with Crippen LogP contribution in [0.25, 0.3) is 11.3 Å². The summed E-state index contributed by atoms with van der Waals surface area (Å²) >= 11 is 0. The maximum absolute atomic E-state index is 13.9. The molecule has 0 fully saturated rings. The Balaban J connectivity index is 1.83. The largest absolute Gasteiger partial charge is 0.465 e. The summed E-state index contributed by atoms with van der Waals surface area (Å²) in [6.45, 7) is 5.46. The third kappa shape index (κ3) is 5.76. The van der Waals surface area contributed by atoms with Crippen LogP contribution in [-0.4, -0.2) is 17.6 Å². The lowest BCUT2D eigenvalue weighted by molar-refractivity contribution is -0.137. The van der Waals surface area contributed by atoms with Gasteiger partial charge >= 0.3 is 12.1 Å². The molecule has 0 N–H and O–H groups in total. The molecular weight excluding hydrogens is 521 g/mol. The molecule has 4 aromatic rings. The number of ether oxygens (including phenoxy) is 2. The highest BCUT2D eigenvalue weighted by atomic mass is 19.4. The molecule has 1 aromatic heterocycles. The molecule has 0 unspecified atom stereocenters. The number of rotatable bonds is 6. The lowest BCUT2D eigenvalue weighted by Gasteiger charge is -2.19. The van der Waals surface area contributed by atoms with Crippen molar-refractivity contribution >= 4 is 5.97 Å². The van der Waals surface area contributed by atoms with E-state index < -0.39 is 28.8 Å². The molecule has 0 spiro atoms. The Bertz CT molecular complexity index is 1720. The third-order valence-electron chi connectivity index (χ3n) is 6.50. The Morgan fingerprint density at radius 2 is 1.73 bits per heavy atom. The van der Waals surface area contributed by atoms with E-state index in [4.69, 9.17) is 9.47 Å². The maximum Gasteiger partial charge on any atom is 0.417 e. The van der Waals surface area contributed by atoms with Crippen molar-refractivity contribution in [2.75, 3.05) is 7.11 Å². The summed E-state index contributed by atoms with van der Waals surface area (Å²) in [6.07, 6.45) is -4.90. The van der Waals surface area contributed by atoms with Gasteiger partial charge in [0.15, 0.2) is 0 Å². The lowest BCUT2D eigenvalue weighted by Crippen LogP contribution is -2.29. The van der Waals surface area contributed by atoms with Crippen LogP contribution in [0, 0.1) is 32.1 Å². The molecule has 6 nitrogen and oxygen atoms in total. The Labute approximate surface area is 228 Å². The van der Waals surface area contributed by atoms with Gasteiger partial charge in [-0.3, -0.25) is 4.79 Å². The minimum atomic E-state index is -4.90. The van der Waals surface area contributed by atoms with Gasteiger partial charge in [0.05, 0.1) is 30.5 Å². The Morgan fingerprint density at radius 3 is 2.35 bits per heavy atom. The van der Waals surface area contributed by atoms with Crippen molar-refractivity contribution in [2.24, 2.45) is 0 Å².